The number of anilines is 1. The van der Waals surface area contributed by atoms with Gasteiger partial charge in [-0.15, -0.1) is 0 Å². The van der Waals surface area contributed by atoms with E-state index in [-0.39, 0.29) is 12.0 Å². The molecule has 1 aromatic carbocycles. The summed E-state index contributed by atoms with van der Waals surface area (Å²) in [5.74, 6) is 0.131. The molecule has 1 aromatic rings. The van der Waals surface area contributed by atoms with Gasteiger partial charge in [-0.1, -0.05) is 12.1 Å². The van der Waals surface area contributed by atoms with Gasteiger partial charge in [-0.3, -0.25) is 0 Å². The molecule has 0 radical (unpaired) electrons. The standard InChI is InChI=1S/C14H21F2NO3/c1-3-18-13(19-4-2)9-10-17-11-7-5-6-8-12(11)20-14(15)16/h5-8,13-14,17H,3-4,9-10H2,1-2H3. The number of halogens is 2. The second-order valence-electron chi connectivity index (χ2n) is 3.93. The Labute approximate surface area is 118 Å². The van der Waals surface area contributed by atoms with Crippen molar-refractivity contribution in [3.63, 3.8) is 0 Å². The molecule has 0 aromatic heterocycles. The van der Waals surface area contributed by atoms with Gasteiger partial charge in [0.1, 0.15) is 5.75 Å². The number of hydrogen-bond donors (Lipinski definition) is 1. The third-order valence-electron chi connectivity index (χ3n) is 2.50. The number of para-hydroxylation sites is 2. The summed E-state index contributed by atoms with van der Waals surface area (Å²) in [5, 5.41) is 3.05. The zero-order valence-electron chi connectivity index (χ0n) is 11.8. The van der Waals surface area contributed by atoms with Crippen LogP contribution in [0.3, 0.4) is 0 Å². The molecule has 0 saturated carbocycles. The van der Waals surface area contributed by atoms with Gasteiger partial charge in [0.25, 0.3) is 0 Å². The van der Waals surface area contributed by atoms with Crippen LogP contribution in [0.4, 0.5) is 14.5 Å². The summed E-state index contributed by atoms with van der Waals surface area (Å²) in [6.45, 7) is 2.62. The molecular formula is C14H21F2NO3. The fraction of sp³-hybridized carbons (Fsp3) is 0.571. The van der Waals surface area contributed by atoms with Crippen molar-refractivity contribution >= 4 is 5.69 Å². The van der Waals surface area contributed by atoms with E-state index in [1.807, 2.05) is 13.8 Å². The van der Waals surface area contributed by atoms with Gasteiger partial charge in [0.2, 0.25) is 0 Å². The molecule has 1 N–H and O–H groups in total. The van der Waals surface area contributed by atoms with E-state index in [0.717, 1.165) is 0 Å². The van der Waals surface area contributed by atoms with Crippen LogP contribution in [0.1, 0.15) is 20.3 Å². The molecule has 0 saturated heterocycles. The highest BCUT2D eigenvalue weighted by atomic mass is 19.3. The van der Waals surface area contributed by atoms with Crippen molar-refractivity contribution in [1.29, 1.82) is 0 Å². The zero-order valence-corrected chi connectivity index (χ0v) is 11.8. The fourth-order valence-corrected chi connectivity index (χ4v) is 1.72. The zero-order chi connectivity index (χ0) is 14.8. The van der Waals surface area contributed by atoms with Gasteiger partial charge in [0, 0.05) is 26.2 Å². The van der Waals surface area contributed by atoms with Crippen molar-refractivity contribution in [1.82, 2.24) is 0 Å². The molecule has 20 heavy (non-hydrogen) atoms. The highest BCUT2D eigenvalue weighted by molar-refractivity contribution is 5.56. The molecule has 0 aliphatic rings. The third-order valence-corrected chi connectivity index (χ3v) is 2.50. The van der Waals surface area contributed by atoms with Gasteiger partial charge in [-0.25, -0.2) is 0 Å². The molecule has 1 rings (SSSR count). The van der Waals surface area contributed by atoms with Crippen LogP contribution in [-0.2, 0) is 9.47 Å². The summed E-state index contributed by atoms with van der Waals surface area (Å²) in [6.07, 6.45) is 0.325. The van der Waals surface area contributed by atoms with Crippen LogP contribution in [0.15, 0.2) is 24.3 Å². The van der Waals surface area contributed by atoms with Crippen LogP contribution in [0, 0.1) is 0 Å². The lowest BCUT2D eigenvalue weighted by Gasteiger charge is -2.18. The number of rotatable bonds is 10. The summed E-state index contributed by atoms with van der Waals surface area (Å²) in [7, 11) is 0. The number of hydrogen-bond acceptors (Lipinski definition) is 4. The molecule has 0 spiro atoms. The van der Waals surface area contributed by atoms with E-state index in [4.69, 9.17) is 9.47 Å². The normalized spacial score (nSPS) is 11.1. The Morgan fingerprint density at radius 3 is 2.35 bits per heavy atom. The van der Waals surface area contributed by atoms with E-state index in [0.29, 0.717) is 31.9 Å². The van der Waals surface area contributed by atoms with E-state index in [2.05, 4.69) is 10.1 Å². The lowest BCUT2D eigenvalue weighted by atomic mass is 10.3. The average molecular weight is 289 g/mol. The van der Waals surface area contributed by atoms with Gasteiger partial charge in [0.15, 0.2) is 6.29 Å². The minimum atomic E-state index is -2.84. The number of ether oxygens (including phenoxy) is 3. The lowest BCUT2D eigenvalue weighted by molar-refractivity contribution is -0.137. The quantitative estimate of drug-likeness (QED) is 0.669. The first-order chi connectivity index (χ1) is 9.67. The second kappa shape index (κ2) is 9.50. The minimum Gasteiger partial charge on any atom is -0.433 e. The van der Waals surface area contributed by atoms with Gasteiger partial charge in [-0.2, -0.15) is 8.78 Å². The minimum absolute atomic E-state index is 0.131. The van der Waals surface area contributed by atoms with Gasteiger partial charge in [-0.05, 0) is 26.0 Å². The van der Waals surface area contributed by atoms with Crippen LogP contribution in [-0.4, -0.2) is 32.7 Å². The van der Waals surface area contributed by atoms with E-state index in [9.17, 15) is 8.78 Å². The Kier molecular flexibility index (Phi) is 7.91. The Morgan fingerprint density at radius 1 is 1.10 bits per heavy atom. The molecule has 0 heterocycles. The molecule has 4 nitrogen and oxygen atoms in total. The molecule has 114 valence electrons. The van der Waals surface area contributed by atoms with E-state index in [1.165, 1.54) is 6.07 Å². The molecule has 0 unspecified atom stereocenters. The molecule has 0 fully saturated rings. The molecule has 0 amide bonds. The first-order valence-electron chi connectivity index (χ1n) is 6.68. The maximum atomic E-state index is 12.3. The van der Waals surface area contributed by atoms with E-state index in [1.54, 1.807) is 18.2 Å². The fourth-order valence-electron chi connectivity index (χ4n) is 1.72. The van der Waals surface area contributed by atoms with Gasteiger partial charge >= 0.3 is 6.61 Å². The monoisotopic (exact) mass is 289 g/mol. The SMILES string of the molecule is CCOC(CCNc1ccccc1OC(F)F)OCC. The van der Waals surface area contributed by atoms with Gasteiger partial charge < -0.3 is 19.5 Å². The Bertz CT molecular complexity index is 371. The second-order valence-corrected chi connectivity index (χ2v) is 3.93. The van der Waals surface area contributed by atoms with Crippen molar-refractivity contribution in [2.24, 2.45) is 0 Å². The molecule has 6 heteroatoms. The van der Waals surface area contributed by atoms with Crippen molar-refractivity contribution in [2.75, 3.05) is 25.1 Å². The summed E-state index contributed by atoms with van der Waals surface area (Å²) in [5.41, 5.74) is 0.527. The molecule has 0 atom stereocenters. The highest BCUT2D eigenvalue weighted by Gasteiger charge is 2.10. The molecular weight excluding hydrogens is 268 g/mol. The molecule has 0 aliphatic heterocycles. The predicted molar refractivity (Wildman–Crippen MR) is 73.2 cm³/mol. The maximum Gasteiger partial charge on any atom is 0.387 e. The first-order valence-corrected chi connectivity index (χ1v) is 6.68. The van der Waals surface area contributed by atoms with Crippen LogP contribution in [0.2, 0.25) is 0 Å². The maximum absolute atomic E-state index is 12.3. The topological polar surface area (TPSA) is 39.7 Å². The first kappa shape index (κ1) is 16.7. The Morgan fingerprint density at radius 2 is 1.75 bits per heavy atom. The third kappa shape index (κ3) is 6.16. The summed E-state index contributed by atoms with van der Waals surface area (Å²) in [4.78, 5) is 0. The van der Waals surface area contributed by atoms with Gasteiger partial charge in [0.05, 0.1) is 5.69 Å². The summed E-state index contributed by atoms with van der Waals surface area (Å²) in [6, 6.07) is 6.58. The number of alkyl halides is 2. The average Bonchev–Trinajstić information content (AvgIpc) is 2.40. The predicted octanol–water partition coefficient (Wildman–Crippen LogP) is 3.49. The molecule has 0 bridgehead atoms. The van der Waals surface area contributed by atoms with E-state index < -0.39 is 6.61 Å². The summed E-state index contributed by atoms with van der Waals surface area (Å²) < 4.78 is 39.8. The largest absolute Gasteiger partial charge is 0.433 e. The van der Waals surface area contributed by atoms with E-state index >= 15 is 0 Å². The summed E-state index contributed by atoms with van der Waals surface area (Å²) >= 11 is 0. The van der Waals surface area contributed by atoms with Crippen molar-refractivity contribution in [3.05, 3.63) is 24.3 Å². The van der Waals surface area contributed by atoms with Crippen molar-refractivity contribution in [3.8, 4) is 5.75 Å². The number of nitrogens with one attached hydrogen (secondary N) is 1. The smallest absolute Gasteiger partial charge is 0.387 e. The Balaban J connectivity index is 2.48. The molecule has 0 aliphatic carbocycles. The van der Waals surface area contributed by atoms with Crippen LogP contribution >= 0.6 is 0 Å². The number of benzene rings is 1. The van der Waals surface area contributed by atoms with Crippen LogP contribution < -0.4 is 10.1 Å². The van der Waals surface area contributed by atoms with Crippen LogP contribution in [0.5, 0.6) is 5.75 Å². The Hall–Kier alpha value is -1.40. The van der Waals surface area contributed by atoms with Crippen molar-refractivity contribution < 1.29 is 23.0 Å². The van der Waals surface area contributed by atoms with Crippen LogP contribution in [0.25, 0.3) is 0 Å². The highest BCUT2D eigenvalue weighted by Crippen LogP contribution is 2.25. The lowest BCUT2D eigenvalue weighted by Crippen LogP contribution is -2.21. The van der Waals surface area contributed by atoms with Crippen molar-refractivity contribution in [2.45, 2.75) is 33.2 Å².